The molecule has 0 saturated carbocycles. The summed E-state index contributed by atoms with van der Waals surface area (Å²) in [5, 5.41) is 0. The predicted molar refractivity (Wildman–Crippen MR) is 56.8 cm³/mol. The van der Waals surface area contributed by atoms with Crippen LogP contribution < -0.4 is 0 Å². The molecule has 1 atom stereocenters. The topological polar surface area (TPSA) is 49.5 Å². The molecule has 0 aromatic carbocycles. The van der Waals surface area contributed by atoms with Crippen LogP contribution in [-0.4, -0.2) is 56.1 Å². The van der Waals surface area contributed by atoms with Crippen LogP contribution >= 0.6 is 0 Å². The second kappa shape index (κ2) is 6.57. The van der Waals surface area contributed by atoms with Gasteiger partial charge in [-0.3, -0.25) is 0 Å². The van der Waals surface area contributed by atoms with Crippen molar-refractivity contribution in [2.45, 2.75) is 18.6 Å². The zero-order valence-electron chi connectivity index (χ0n) is 9.65. The van der Waals surface area contributed by atoms with E-state index < -0.39 is 8.80 Å². The maximum atomic E-state index is 5.46. The van der Waals surface area contributed by atoms with Gasteiger partial charge in [-0.05, 0) is 6.42 Å². The molecule has 1 saturated heterocycles. The maximum absolute atomic E-state index is 5.46. The molecule has 0 bridgehead atoms. The third kappa shape index (κ3) is 4.58. The molecule has 1 aliphatic heterocycles. The summed E-state index contributed by atoms with van der Waals surface area (Å²) in [5.41, 5.74) is 0. The largest absolute Gasteiger partial charge is 0.502 e. The first-order valence-electron chi connectivity index (χ1n) is 5.11. The number of ether oxygens (including phenoxy) is 2. The van der Waals surface area contributed by atoms with Crippen LogP contribution in [0.15, 0.2) is 0 Å². The van der Waals surface area contributed by atoms with E-state index in [-0.39, 0.29) is 0 Å². The second-order valence-electron chi connectivity index (χ2n) is 3.40. The Morgan fingerprint density at radius 2 is 1.73 bits per heavy atom. The second-order valence-corrected chi connectivity index (χ2v) is 6.49. The van der Waals surface area contributed by atoms with Crippen LogP contribution in [0.3, 0.4) is 0 Å². The van der Waals surface area contributed by atoms with Gasteiger partial charge in [0.05, 0.1) is 19.3 Å². The lowest BCUT2D eigenvalue weighted by atomic mass is 10.3. The minimum absolute atomic E-state index is 0.430. The third-order valence-electron chi connectivity index (χ3n) is 2.47. The Labute approximate surface area is 92.0 Å². The summed E-state index contributed by atoms with van der Waals surface area (Å²) in [6.45, 7) is 2.22. The highest BCUT2D eigenvalue weighted by Gasteiger charge is 2.37. The van der Waals surface area contributed by atoms with E-state index in [2.05, 4.69) is 0 Å². The van der Waals surface area contributed by atoms with Crippen molar-refractivity contribution in [3.8, 4) is 0 Å². The van der Waals surface area contributed by atoms with Gasteiger partial charge < -0.3 is 22.8 Å². The van der Waals surface area contributed by atoms with Crippen molar-refractivity contribution in [2.75, 3.05) is 41.2 Å². The van der Waals surface area contributed by atoms with Crippen LogP contribution in [0.4, 0.5) is 0 Å². The highest BCUT2D eigenvalue weighted by molar-refractivity contribution is 6.60. The summed E-state index contributed by atoms with van der Waals surface area (Å²) in [7, 11) is 2.39. The van der Waals surface area contributed by atoms with Crippen molar-refractivity contribution in [2.24, 2.45) is 0 Å². The van der Waals surface area contributed by atoms with Gasteiger partial charge in [-0.25, -0.2) is 0 Å². The Balaban J connectivity index is 2.04. The van der Waals surface area contributed by atoms with E-state index in [4.69, 9.17) is 22.8 Å². The molecule has 0 amide bonds. The van der Waals surface area contributed by atoms with E-state index in [1.165, 1.54) is 0 Å². The molecule has 1 aliphatic rings. The fourth-order valence-electron chi connectivity index (χ4n) is 1.30. The van der Waals surface area contributed by atoms with E-state index in [1.807, 2.05) is 0 Å². The zero-order chi connectivity index (χ0) is 11.1. The molecule has 0 aromatic rings. The Hall–Kier alpha value is 0.0169. The Kier molecular flexibility index (Phi) is 5.73. The van der Waals surface area contributed by atoms with E-state index in [0.717, 1.165) is 19.6 Å². The van der Waals surface area contributed by atoms with Crippen molar-refractivity contribution in [1.29, 1.82) is 0 Å². The molecule has 0 aliphatic carbocycles. The highest BCUT2D eigenvalue weighted by atomic mass is 28.4. The van der Waals surface area contributed by atoms with Crippen LogP contribution in [0, 0.1) is 0 Å². The van der Waals surface area contributed by atoms with E-state index in [0.29, 0.717) is 18.8 Å². The first-order valence-corrected chi connectivity index (χ1v) is 7.04. The smallest absolute Gasteiger partial charge is 0.381 e. The Morgan fingerprint density at radius 3 is 2.20 bits per heavy atom. The normalized spacial score (nSPS) is 20.6. The number of rotatable bonds is 9. The van der Waals surface area contributed by atoms with E-state index >= 15 is 0 Å². The van der Waals surface area contributed by atoms with Crippen molar-refractivity contribution >= 4 is 8.80 Å². The molecule has 1 fully saturated rings. The monoisotopic (exact) mass is 236 g/mol. The molecule has 1 heterocycles. The fourth-order valence-corrected chi connectivity index (χ4v) is 2.81. The van der Waals surface area contributed by atoms with Gasteiger partial charge in [-0.2, -0.15) is 0 Å². The lowest BCUT2D eigenvalue weighted by molar-refractivity contribution is 0.0927. The summed E-state index contributed by atoms with van der Waals surface area (Å²) in [6, 6.07) is 0.683. The van der Waals surface area contributed by atoms with Crippen LogP contribution in [0.2, 0.25) is 6.04 Å². The molecule has 1 unspecified atom stereocenters. The van der Waals surface area contributed by atoms with Crippen molar-refractivity contribution in [3.63, 3.8) is 0 Å². The predicted octanol–water partition coefficient (Wildman–Crippen LogP) is 0.670. The first-order chi connectivity index (χ1) is 7.26. The van der Waals surface area contributed by atoms with Gasteiger partial charge >= 0.3 is 8.80 Å². The summed E-state index contributed by atoms with van der Waals surface area (Å²) < 4.78 is 26.3. The minimum Gasteiger partial charge on any atom is -0.381 e. The average Bonchev–Trinajstić information content (AvgIpc) is 3.08. The molecule has 15 heavy (non-hydrogen) atoms. The zero-order valence-corrected chi connectivity index (χ0v) is 10.7. The SMILES string of the molecule is CO[Si](CCOCCC1CO1)(OC)OC. The van der Waals surface area contributed by atoms with Crippen molar-refractivity contribution in [3.05, 3.63) is 0 Å². The highest BCUT2D eigenvalue weighted by Crippen LogP contribution is 2.15. The molecule has 0 N–H and O–H groups in total. The molecule has 0 spiro atoms. The van der Waals surface area contributed by atoms with Gasteiger partial charge in [0.25, 0.3) is 0 Å². The van der Waals surface area contributed by atoms with Crippen LogP contribution in [0.25, 0.3) is 0 Å². The van der Waals surface area contributed by atoms with E-state index in [1.54, 1.807) is 21.3 Å². The molecule has 6 heteroatoms. The third-order valence-corrected chi connectivity index (χ3v) is 5.15. The molecule has 90 valence electrons. The number of hydrogen-bond acceptors (Lipinski definition) is 5. The van der Waals surface area contributed by atoms with E-state index in [9.17, 15) is 0 Å². The van der Waals surface area contributed by atoms with Gasteiger partial charge in [0, 0.05) is 34.0 Å². The molecule has 1 rings (SSSR count). The fraction of sp³-hybridized carbons (Fsp3) is 1.00. The summed E-state index contributed by atoms with van der Waals surface area (Å²) in [4.78, 5) is 0. The summed E-state index contributed by atoms with van der Waals surface area (Å²) >= 11 is 0. The van der Waals surface area contributed by atoms with Crippen LogP contribution in [-0.2, 0) is 22.8 Å². The molecule has 0 radical (unpaired) electrons. The van der Waals surface area contributed by atoms with Crippen molar-refractivity contribution in [1.82, 2.24) is 0 Å². The van der Waals surface area contributed by atoms with Crippen molar-refractivity contribution < 1.29 is 22.8 Å². The molecular formula is C9H20O5Si. The first kappa shape index (κ1) is 13.1. The van der Waals surface area contributed by atoms with Crippen LogP contribution in [0.1, 0.15) is 6.42 Å². The van der Waals surface area contributed by atoms with Gasteiger partial charge in [0.1, 0.15) is 0 Å². The molecule has 0 aromatic heterocycles. The molecule has 5 nitrogen and oxygen atoms in total. The maximum Gasteiger partial charge on any atom is 0.502 e. The number of epoxide rings is 1. The van der Waals surface area contributed by atoms with Gasteiger partial charge in [-0.15, -0.1) is 0 Å². The standard InChI is InChI=1S/C9H20O5Si/c1-10-15(11-2,12-3)7-6-13-5-4-9-8-14-9/h9H,4-8H2,1-3H3. The molecular weight excluding hydrogens is 216 g/mol. The summed E-state index contributed by atoms with van der Waals surface area (Å²) in [5.74, 6) is 0. The lowest BCUT2D eigenvalue weighted by Crippen LogP contribution is -2.43. The lowest BCUT2D eigenvalue weighted by Gasteiger charge is -2.23. The van der Waals surface area contributed by atoms with Crippen LogP contribution in [0.5, 0.6) is 0 Å². The van der Waals surface area contributed by atoms with Gasteiger partial charge in [0.15, 0.2) is 0 Å². The van der Waals surface area contributed by atoms with Gasteiger partial charge in [-0.1, -0.05) is 0 Å². The average molecular weight is 236 g/mol. The quantitative estimate of drug-likeness (QED) is 0.334. The van der Waals surface area contributed by atoms with Gasteiger partial charge in [0.2, 0.25) is 0 Å². The number of hydrogen-bond donors (Lipinski definition) is 0. The Morgan fingerprint density at radius 1 is 1.13 bits per heavy atom. The summed E-state index contributed by atoms with van der Waals surface area (Å²) in [6.07, 6.45) is 1.40. The minimum atomic E-state index is -2.44. The Bertz CT molecular complexity index is 162.